The Bertz CT molecular complexity index is 784. The molecule has 0 aromatic carbocycles. The van der Waals surface area contributed by atoms with E-state index < -0.39 is 0 Å². The molecule has 0 saturated carbocycles. The summed E-state index contributed by atoms with van der Waals surface area (Å²) < 4.78 is 0. The molecular formula is C42H74N6. The molecule has 0 aromatic heterocycles. The van der Waals surface area contributed by atoms with Gasteiger partial charge in [-0.05, 0) is 78.7 Å². The van der Waals surface area contributed by atoms with Crippen molar-refractivity contribution in [1.29, 1.82) is 0 Å². The number of rotatable bonds is 16. The van der Waals surface area contributed by atoms with E-state index in [0.717, 1.165) is 90.3 Å². The van der Waals surface area contributed by atoms with Gasteiger partial charge in [-0.15, -0.1) is 92.8 Å². The third-order valence-corrected chi connectivity index (χ3v) is 4.54. The number of unbranched alkanes of at least 4 members (excludes halogenated alkanes) is 9. The summed E-state index contributed by atoms with van der Waals surface area (Å²) in [5.41, 5.74) is 20.1. The van der Waals surface area contributed by atoms with E-state index in [1.54, 1.807) is 0 Å². The van der Waals surface area contributed by atoms with Gasteiger partial charge in [0.05, 0.1) is 6.54 Å². The van der Waals surface area contributed by atoms with Gasteiger partial charge < -0.3 is 33.6 Å². The average Bonchev–Trinajstić information content (AvgIpc) is 3.11. The van der Waals surface area contributed by atoms with Crippen molar-refractivity contribution in [2.24, 2.45) is 22.9 Å². The van der Waals surface area contributed by atoms with Crippen molar-refractivity contribution in [3.63, 3.8) is 0 Å². The molecule has 48 heavy (non-hydrogen) atoms. The van der Waals surface area contributed by atoms with Crippen LogP contribution in [0.4, 0.5) is 0 Å². The Hall–Kier alpha value is -3.76. The fraction of sp³-hybridized carbons (Fsp3) is 0.619. The molecule has 0 amide bonds. The van der Waals surface area contributed by atoms with Gasteiger partial charge in [0.1, 0.15) is 0 Å². The minimum absolute atomic E-state index is 0.347. The molecule has 0 fully saturated rings. The van der Waals surface area contributed by atoms with Crippen LogP contribution in [-0.4, -0.2) is 53.4 Å². The predicted octanol–water partition coefficient (Wildman–Crippen LogP) is 5.51. The summed E-state index contributed by atoms with van der Waals surface area (Å²) in [5.74, 6) is 19.9. The lowest BCUT2D eigenvalue weighted by Crippen LogP contribution is -2.06. The summed E-state index contributed by atoms with van der Waals surface area (Å²) in [4.78, 5) is 0. The van der Waals surface area contributed by atoms with Crippen molar-refractivity contribution in [3.05, 3.63) is 0 Å². The maximum atomic E-state index is 5.20. The normalized spacial score (nSPS) is 7.33. The van der Waals surface area contributed by atoms with Crippen molar-refractivity contribution in [2.45, 2.75) is 117 Å². The largest absolute Gasteiger partial charge is 0.330 e. The van der Waals surface area contributed by atoms with Crippen molar-refractivity contribution in [3.8, 4) is 98.8 Å². The molecule has 0 aliphatic carbocycles. The SMILES string of the molecule is C#CCCC.C#CCCCCC.C#CCCCCN.C#CCCCCNC.C#CCCCN.C#CCCN.C#CCCNC.C#CCN. The number of nitrogens with one attached hydrogen (secondary N) is 2. The summed E-state index contributed by atoms with van der Waals surface area (Å²) in [6.45, 7) is 8.69. The van der Waals surface area contributed by atoms with E-state index in [4.69, 9.17) is 67.9 Å². The Kier molecular flexibility index (Phi) is 127. The maximum absolute atomic E-state index is 5.20. The van der Waals surface area contributed by atoms with Gasteiger partial charge in [0.25, 0.3) is 0 Å². The summed E-state index contributed by atoms with van der Waals surface area (Å²) in [6.07, 6.45) is 55.5. The molecule has 0 saturated heterocycles. The Labute approximate surface area is 301 Å². The van der Waals surface area contributed by atoms with E-state index in [-0.39, 0.29) is 0 Å². The molecule has 10 N–H and O–H groups in total. The van der Waals surface area contributed by atoms with Crippen LogP contribution < -0.4 is 33.6 Å². The third-order valence-electron chi connectivity index (χ3n) is 4.54. The van der Waals surface area contributed by atoms with Gasteiger partial charge in [-0.2, -0.15) is 0 Å². The Morgan fingerprint density at radius 3 is 0.958 bits per heavy atom. The summed E-state index contributed by atoms with van der Waals surface area (Å²) in [7, 11) is 3.84. The second-order valence-electron chi connectivity index (χ2n) is 9.14. The van der Waals surface area contributed by atoms with Crippen LogP contribution in [0, 0.1) is 98.8 Å². The number of terminal acetylenes is 8. The molecule has 0 rings (SSSR count). The molecule has 0 aliphatic heterocycles. The zero-order valence-electron chi connectivity index (χ0n) is 31.5. The molecule has 272 valence electrons. The van der Waals surface area contributed by atoms with E-state index >= 15 is 0 Å². The minimum Gasteiger partial charge on any atom is -0.330 e. The molecule has 0 aromatic rings. The summed E-state index contributed by atoms with van der Waals surface area (Å²) in [5, 5.41) is 5.98. The van der Waals surface area contributed by atoms with Gasteiger partial charge in [-0.25, -0.2) is 0 Å². The van der Waals surface area contributed by atoms with E-state index in [0.29, 0.717) is 26.1 Å². The first-order chi connectivity index (χ1) is 23.3. The highest BCUT2D eigenvalue weighted by atomic mass is 14.8. The lowest BCUT2D eigenvalue weighted by Gasteiger charge is -1.93. The second-order valence-corrected chi connectivity index (χ2v) is 9.14. The van der Waals surface area contributed by atoms with Gasteiger partial charge in [0.15, 0.2) is 0 Å². The molecule has 6 nitrogen and oxygen atoms in total. The smallest absolute Gasteiger partial charge is 0.0548 e. The second kappa shape index (κ2) is 96.7. The highest BCUT2D eigenvalue weighted by Crippen LogP contribution is 1.95. The van der Waals surface area contributed by atoms with Crippen LogP contribution in [0.1, 0.15) is 117 Å². The van der Waals surface area contributed by atoms with E-state index in [9.17, 15) is 0 Å². The molecule has 0 atom stereocenters. The van der Waals surface area contributed by atoms with Crippen molar-refractivity contribution >= 4 is 0 Å². The topological polar surface area (TPSA) is 128 Å². The van der Waals surface area contributed by atoms with Crippen molar-refractivity contribution in [2.75, 3.05) is 53.4 Å². The predicted molar refractivity (Wildman–Crippen MR) is 220 cm³/mol. The molecule has 0 bridgehead atoms. The zero-order valence-corrected chi connectivity index (χ0v) is 31.5. The molecule has 0 spiro atoms. The quantitative estimate of drug-likeness (QED) is 0.0956. The van der Waals surface area contributed by atoms with Gasteiger partial charge in [0.2, 0.25) is 0 Å². The first kappa shape index (κ1) is 63.0. The Balaban J connectivity index is -0.0000000640. The lowest BCUT2D eigenvalue weighted by atomic mass is 10.2. The number of nitrogens with two attached hydrogens (primary N) is 4. The molecule has 0 heterocycles. The molecule has 0 unspecified atom stereocenters. The van der Waals surface area contributed by atoms with Crippen LogP contribution in [0.25, 0.3) is 0 Å². The third kappa shape index (κ3) is 175. The first-order valence-corrected chi connectivity index (χ1v) is 16.9. The molecule has 6 heteroatoms. The number of hydrogen-bond donors (Lipinski definition) is 6. The fourth-order valence-corrected chi connectivity index (χ4v) is 2.01. The van der Waals surface area contributed by atoms with Gasteiger partial charge in [-0.3, -0.25) is 0 Å². The fourth-order valence-electron chi connectivity index (χ4n) is 2.01. The number of hydrogen-bond acceptors (Lipinski definition) is 6. The van der Waals surface area contributed by atoms with Crippen LogP contribution in [0.15, 0.2) is 0 Å². The molecular weight excluding hydrogens is 589 g/mol. The standard InChI is InChI=1S/C7H13N.C7H12.C6H11N.2C5H9N.C5H8.C4H7N.C3H5N/c1-3-4-5-6-7-8-2;1-3-5-7-6-4-2;1-2-3-4-5-6-7;1-3-4-5-6-2;1-2-3-4-5-6;1-3-5-4-2;1-2-3-4-5;1-2-3-4/h1,8H,4-7H2,2H3;1H,4-7H2,2H3;1H,3-7H2;1,6H,4-5H2,2H3;1H,3-6H2;1H,4-5H2,2H3;1H,3-5H2;1H,3-4H2. The van der Waals surface area contributed by atoms with Crippen LogP contribution in [0.2, 0.25) is 0 Å². The minimum atomic E-state index is 0.347. The van der Waals surface area contributed by atoms with E-state index in [1.807, 2.05) is 14.1 Å². The Morgan fingerprint density at radius 1 is 0.375 bits per heavy atom. The Morgan fingerprint density at radius 2 is 0.750 bits per heavy atom. The van der Waals surface area contributed by atoms with Crippen molar-refractivity contribution in [1.82, 2.24) is 10.6 Å². The van der Waals surface area contributed by atoms with Gasteiger partial charge in [-0.1, -0.05) is 32.6 Å². The van der Waals surface area contributed by atoms with Gasteiger partial charge >= 0.3 is 0 Å². The molecule has 0 aliphatic rings. The van der Waals surface area contributed by atoms with E-state index in [2.05, 4.69) is 78.3 Å². The highest BCUT2D eigenvalue weighted by Gasteiger charge is 1.81. The van der Waals surface area contributed by atoms with Crippen molar-refractivity contribution < 1.29 is 0 Å². The summed E-state index contributed by atoms with van der Waals surface area (Å²) >= 11 is 0. The monoisotopic (exact) mass is 663 g/mol. The zero-order chi connectivity index (χ0) is 38.6. The maximum Gasteiger partial charge on any atom is 0.0548 e. The van der Waals surface area contributed by atoms with E-state index in [1.165, 1.54) is 25.7 Å². The van der Waals surface area contributed by atoms with Crippen LogP contribution in [0.5, 0.6) is 0 Å². The molecule has 0 radical (unpaired) electrons. The first-order valence-electron chi connectivity index (χ1n) is 16.9. The van der Waals surface area contributed by atoms with Crippen LogP contribution in [0.3, 0.4) is 0 Å². The van der Waals surface area contributed by atoms with Gasteiger partial charge in [0, 0.05) is 58.0 Å². The lowest BCUT2D eigenvalue weighted by molar-refractivity contribution is 0.690. The highest BCUT2D eigenvalue weighted by molar-refractivity contribution is 4.85. The van der Waals surface area contributed by atoms with Crippen LogP contribution in [-0.2, 0) is 0 Å². The summed E-state index contributed by atoms with van der Waals surface area (Å²) in [6, 6.07) is 0. The average molecular weight is 663 g/mol. The van der Waals surface area contributed by atoms with Crippen LogP contribution >= 0.6 is 0 Å².